The Kier molecular flexibility index (Phi) is 7.33. The Labute approximate surface area is 112 Å². The van der Waals surface area contributed by atoms with Crippen LogP contribution in [0.15, 0.2) is 0 Å². The number of hydrogen-bond acceptors (Lipinski definition) is 2. The standard InChI is InChI=1S/C15H30N2O/c1-4-16-13(3)11-17-15(18)10-12(2)14-8-6-5-7-9-14/h12-14,16H,4-11H2,1-3H3,(H,17,18)/t12?,13-/m1/s1. The molecule has 1 saturated carbocycles. The molecule has 18 heavy (non-hydrogen) atoms. The average molecular weight is 254 g/mol. The van der Waals surface area contributed by atoms with Crippen LogP contribution in [0, 0.1) is 11.8 Å². The topological polar surface area (TPSA) is 41.1 Å². The summed E-state index contributed by atoms with van der Waals surface area (Å²) in [4.78, 5) is 11.9. The molecule has 0 aromatic carbocycles. The van der Waals surface area contributed by atoms with Gasteiger partial charge < -0.3 is 10.6 Å². The van der Waals surface area contributed by atoms with Gasteiger partial charge in [-0.25, -0.2) is 0 Å². The summed E-state index contributed by atoms with van der Waals surface area (Å²) in [5.74, 6) is 1.54. The maximum atomic E-state index is 11.9. The van der Waals surface area contributed by atoms with Crippen LogP contribution in [-0.4, -0.2) is 25.0 Å². The molecule has 2 N–H and O–H groups in total. The van der Waals surface area contributed by atoms with E-state index in [9.17, 15) is 4.79 Å². The summed E-state index contributed by atoms with van der Waals surface area (Å²) >= 11 is 0. The number of likely N-dealkylation sites (N-methyl/N-ethyl adjacent to an activating group) is 1. The number of carbonyl (C=O) groups excluding carboxylic acids is 1. The molecule has 2 atom stereocenters. The van der Waals surface area contributed by atoms with Crippen molar-refractivity contribution in [3.8, 4) is 0 Å². The van der Waals surface area contributed by atoms with E-state index in [0.717, 1.165) is 19.0 Å². The van der Waals surface area contributed by atoms with Crippen LogP contribution in [0.2, 0.25) is 0 Å². The lowest BCUT2D eigenvalue weighted by molar-refractivity contribution is -0.122. The van der Waals surface area contributed by atoms with Crippen molar-refractivity contribution >= 4 is 5.91 Å². The zero-order valence-electron chi connectivity index (χ0n) is 12.3. The summed E-state index contributed by atoms with van der Waals surface area (Å²) in [6.07, 6.45) is 7.44. The Hall–Kier alpha value is -0.570. The van der Waals surface area contributed by atoms with Crippen molar-refractivity contribution in [2.75, 3.05) is 13.1 Å². The number of amides is 1. The molecule has 0 spiro atoms. The van der Waals surface area contributed by atoms with E-state index in [2.05, 4.69) is 31.4 Å². The Bertz CT molecular complexity index is 237. The summed E-state index contributed by atoms with van der Waals surface area (Å²) in [6.45, 7) is 8.13. The molecule has 0 heterocycles. The molecule has 1 amide bonds. The fourth-order valence-corrected chi connectivity index (χ4v) is 2.92. The molecule has 106 valence electrons. The number of nitrogens with one attached hydrogen (secondary N) is 2. The highest BCUT2D eigenvalue weighted by Crippen LogP contribution is 2.31. The van der Waals surface area contributed by atoms with Crippen molar-refractivity contribution < 1.29 is 4.79 Å². The van der Waals surface area contributed by atoms with Crippen LogP contribution in [0.25, 0.3) is 0 Å². The van der Waals surface area contributed by atoms with Gasteiger partial charge in [0.2, 0.25) is 5.91 Å². The van der Waals surface area contributed by atoms with Crippen molar-refractivity contribution in [3.05, 3.63) is 0 Å². The van der Waals surface area contributed by atoms with Crippen molar-refractivity contribution in [3.63, 3.8) is 0 Å². The number of rotatable bonds is 7. The molecule has 0 aromatic rings. The molecular weight excluding hydrogens is 224 g/mol. The first kappa shape index (κ1) is 15.5. The van der Waals surface area contributed by atoms with E-state index in [-0.39, 0.29) is 5.91 Å². The van der Waals surface area contributed by atoms with E-state index in [1.165, 1.54) is 32.1 Å². The quantitative estimate of drug-likeness (QED) is 0.733. The molecule has 1 fully saturated rings. The number of hydrogen-bond donors (Lipinski definition) is 2. The van der Waals surface area contributed by atoms with Crippen LogP contribution in [0.3, 0.4) is 0 Å². The minimum Gasteiger partial charge on any atom is -0.355 e. The molecule has 0 aliphatic heterocycles. The maximum Gasteiger partial charge on any atom is 0.220 e. The third kappa shape index (κ3) is 5.85. The largest absolute Gasteiger partial charge is 0.355 e. The molecule has 0 radical (unpaired) electrons. The first-order valence-corrected chi connectivity index (χ1v) is 7.63. The highest BCUT2D eigenvalue weighted by atomic mass is 16.1. The molecule has 3 nitrogen and oxygen atoms in total. The fraction of sp³-hybridized carbons (Fsp3) is 0.933. The minimum atomic E-state index is 0.220. The Balaban J connectivity index is 2.18. The van der Waals surface area contributed by atoms with Gasteiger partial charge in [-0.15, -0.1) is 0 Å². The van der Waals surface area contributed by atoms with E-state index in [0.29, 0.717) is 18.4 Å². The maximum absolute atomic E-state index is 11.9. The second kappa shape index (κ2) is 8.52. The molecule has 1 rings (SSSR count). The van der Waals surface area contributed by atoms with Gasteiger partial charge in [0.05, 0.1) is 0 Å². The van der Waals surface area contributed by atoms with Gasteiger partial charge in [-0.1, -0.05) is 46.0 Å². The molecule has 1 aliphatic carbocycles. The van der Waals surface area contributed by atoms with Crippen LogP contribution in [-0.2, 0) is 4.79 Å². The highest BCUT2D eigenvalue weighted by Gasteiger charge is 2.22. The third-order valence-electron chi connectivity index (χ3n) is 4.12. The lowest BCUT2D eigenvalue weighted by Crippen LogP contribution is -2.39. The van der Waals surface area contributed by atoms with Crippen LogP contribution in [0.4, 0.5) is 0 Å². The van der Waals surface area contributed by atoms with Gasteiger partial charge in [-0.05, 0) is 25.3 Å². The molecule has 0 bridgehead atoms. The third-order valence-corrected chi connectivity index (χ3v) is 4.12. The normalized spacial score (nSPS) is 20.4. The van der Waals surface area contributed by atoms with Crippen molar-refractivity contribution in [1.29, 1.82) is 0 Å². The number of carbonyl (C=O) groups is 1. The van der Waals surface area contributed by atoms with E-state index in [4.69, 9.17) is 0 Å². The molecule has 3 heteroatoms. The SMILES string of the molecule is CCN[C@H](C)CNC(=O)CC(C)C1CCCCC1. The Morgan fingerprint density at radius 2 is 1.89 bits per heavy atom. The van der Waals surface area contributed by atoms with Crippen molar-refractivity contribution in [1.82, 2.24) is 10.6 Å². The molecule has 0 aromatic heterocycles. The van der Waals surface area contributed by atoms with Gasteiger partial charge in [-0.2, -0.15) is 0 Å². The van der Waals surface area contributed by atoms with Gasteiger partial charge in [0.1, 0.15) is 0 Å². The van der Waals surface area contributed by atoms with E-state index < -0.39 is 0 Å². The van der Waals surface area contributed by atoms with Gasteiger partial charge in [0.25, 0.3) is 0 Å². The summed E-state index contributed by atoms with van der Waals surface area (Å²) in [5, 5.41) is 6.34. The predicted molar refractivity (Wildman–Crippen MR) is 76.5 cm³/mol. The fourth-order valence-electron chi connectivity index (χ4n) is 2.92. The van der Waals surface area contributed by atoms with Gasteiger partial charge >= 0.3 is 0 Å². The van der Waals surface area contributed by atoms with Crippen molar-refractivity contribution in [2.24, 2.45) is 11.8 Å². The first-order valence-electron chi connectivity index (χ1n) is 7.63. The second-order valence-electron chi connectivity index (χ2n) is 5.84. The summed E-state index contributed by atoms with van der Waals surface area (Å²) in [5.41, 5.74) is 0. The highest BCUT2D eigenvalue weighted by molar-refractivity contribution is 5.76. The molecule has 0 saturated heterocycles. The first-order chi connectivity index (χ1) is 8.63. The lowest BCUT2D eigenvalue weighted by Gasteiger charge is -2.27. The van der Waals surface area contributed by atoms with Crippen LogP contribution >= 0.6 is 0 Å². The molecular formula is C15H30N2O. The van der Waals surface area contributed by atoms with Crippen LogP contribution < -0.4 is 10.6 Å². The summed E-state index contributed by atoms with van der Waals surface area (Å²) < 4.78 is 0. The van der Waals surface area contributed by atoms with Gasteiger partial charge in [0.15, 0.2) is 0 Å². The summed E-state index contributed by atoms with van der Waals surface area (Å²) in [6, 6.07) is 0.365. The van der Waals surface area contributed by atoms with E-state index in [1.807, 2.05) is 0 Å². The predicted octanol–water partition coefficient (Wildman–Crippen LogP) is 2.71. The van der Waals surface area contributed by atoms with Gasteiger partial charge in [-0.3, -0.25) is 4.79 Å². The zero-order valence-corrected chi connectivity index (χ0v) is 12.3. The monoisotopic (exact) mass is 254 g/mol. The zero-order chi connectivity index (χ0) is 13.4. The lowest BCUT2D eigenvalue weighted by atomic mass is 9.79. The smallest absolute Gasteiger partial charge is 0.220 e. The van der Waals surface area contributed by atoms with E-state index >= 15 is 0 Å². The Morgan fingerprint density at radius 3 is 2.50 bits per heavy atom. The molecule has 1 unspecified atom stereocenters. The van der Waals surface area contributed by atoms with E-state index in [1.54, 1.807) is 0 Å². The summed E-state index contributed by atoms with van der Waals surface area (Å²) in [7, 11) is 0. The van der Waals surface area contributed by atoms with Crippen molar-refractivity contribution in [2.45, 2.75) is 65.3 Å². The second-order valence-corrected chi connectivity index (χ2v) is 5.84. The van der Waals surface area contributed by atoms with Gasteiger partial charge in [0, 0.05) is 19.0 Å². The van der Waals surface area contributed by atoms with Crippen LogP contribution in [0.1, 0.15) is 59.3 Å². The Morgan fingerprint density at radius 1 is 1.22 bits per heavy atom. The molecule has 1 aliphatic rings. The van der Waals surface area contributed by atoms with Crippen LogP contribution in [0.5, 0.6) is 0 Å². The average Bonchev–Trinajstić information content (AvgIpc) is 2.38. The minimum absolute atomic E-state index is 0.220.